The Hall–Kier alpha value is -0.850. The van der Waals surface area contributed by atoms with Crippen molar-refractivity contribution in [3.8, 4) is 0 Å². The number of ether oxygens (including phenoxy) is 1. The van der Waals surface area contributed by atoms with Crippen LogP contribution in [0.15, 0.2) is 16.7 Å². The summed E-state index contributed by atoms with van der Waals surface area (Å²) >= 11 is 3.69. The van der Waals surface area contributed by atoms with Crippen LogP contribution in [0.2, 0.25) is 0 Å². The average Bonchev–Trinajstić information content (AvgIpc) is 2.53. The number of piperidine rings is 1. The summed E-state index contributed by atoms with van der Waals surface area (Å²) in [6, 6.07) is 3.28. The predicted molar refractivity (Wildman–Crippen MR) is 98.3 cm³/mol. The molecule has 2 aliphatic rings. The fourth-order valence-corrected chi connectivity index (χ4v) is 4.07. The number of hydrogen-bond acceptors (Lipinski definition) is 5. The van der Waals surface area contributed by atoms with Crippen LogP contribution in [0.25, 0.3) is 0 Å². The van der Waals surface area contributed by atoms with E-state index in [1.807, 2.05) is 6.20 Å². The van der Waals surface area contributed by atoms with E-state index in [4.69, 9.17) is 4.74 Å². The van der Waals surface area contributed by atoms with Gasteiger partial charge in [-0.05, 0) is 48.3 Å². The fourth-order valence-electron chi connectivity index (χ4n) is 3.47. The van der Waals surface area contributed by atoms with Crippen molar-refractivity contribution < 1.29 is 4.74 Å². The molecule has 0 unspecified atom stereocenters. The molecule has 0 spiro atoms. The highest BCUT2D eigenvalue weighted by Gasteiger charge is 2.29. The maximum Gasteiger partial charge on any atom is 0.143 e. The Labute approximate surface area is 147 Å². The molecule has 1 N–H and O–H groups in total. The van der Waals surface area contributed by atoms with Gasteiger partial charge in [0.25, 0.3) is 0 Å². The Kier molecular flexibility index (Phi) is 5.44. The number of halogens is 1. The van der Waals surface area contributed by atoms with E-state index in [1.54, 1.807) is 0 Å². The first kappa shape index (κ1) is 17.0. The molecule has 5 nitrogen and oxygen atoms in total. The van der Waals surface area contributed by atoms with Crippen LogP contribution in [0.5, 0.6) is 0 Å². The van der Waals surface area contributed by atoms with E-state index in [9.17, 15) is 0 Å². The molecule has 0 bridgehead atoms. The van der Waals surface area contributed by atoms with Crippen LogP contribution >= 0.6 is 15.9 Å². The van der Waals surface area contributed by atoms with Crippen molar-refractivity contribution >= 4 is 27.4 Å². The highest BCUT2D eigenvalue weighted by Crippen LogP contribution is 2.29. The molecule has 0 aromatic carbocycles. The second-order valence-corrected chi connectivity index (χ2v) is 7.74. The van der Waals surface area contributed by atoms with Gasteiger partial charge < -0.3 is 19.9 Å². The summed E-state index contributed by atoms with van der Waals surface area (Å²) in [6.07, 6.45) is 3.13. The van der Waals surface area contributed by atoms with Crippen molar-refractivity contribution in [1.82, 2.24) is 9.88 Å². The quantitative estimate of drug-likeness (QED) is 0.870. The number of aromatic nitrogens is 1. The summed E-state index contributed by atoms with van der Waals surface area (Å²) in [5, 5.41) is 3.69. The first-order valence-corrected chi connectivity index (χ1v) is 9.29. The third kappa shape index (κ3) is 3.98. The molecule has 2 fully saturated rings. The summed E-state index contributed by atoms with van der Waals surface area (Å²) in [5.74, 6) is 1.65. The monoisotopic (exact) mass is 382 g/mol. The fraction of sp³-hybridized carbons (Fsp3) is 0.706. The van der Waals surface area contributed by atoms with Crippen LogP contribution in [-0.2, 0) is 4.74 Å². The van der Waals surface area contributed by atoms with E-state index >= 15 is 0 Å². The van der Waals surface area contributed by atoms with Crippen LogP contribution in [0.4, 0.5) is 11.5 Å². The van der Waals surface area contributed by atoms with Gasteiger partial charge in [-0.25, -0.2) is 4.98 Å². The molecule has 1 aromatic rings. The number of likely N-dealkylation sites (tertiary alicyclic amines) is 1. The standard InChI is InChI=1S/C17H27BrN4O/c1-12-11-21(3)13(2)8-16(12)20-14-9-15(18)17(19-10-14)22-4-6-23-7-5-22/h9-10,12-13,16,20H,4-8,11H2,1-3H3/t12-,13-,16+/m1/s1. The number of pyridine rings is 1. The number of rotatable bonds is 3. The van der Waals surface area contributed by atoms with Crippen LogP contribution < -0.4 is 10.2 Å². The lowest BCUT2D eigenvalue weighted by atomic mass is 9.90. The first-order valence-electron chi connectivity index (χ1n) is 8.49. The van der Waals surface area contributed by atoms with E-state index in [2.05, 4.69) is 63.0 Å². The Bertz CT molecular complexity index is 535. The van der Waals surface area contributed by atoms with Gasteiger partial charge in [-0.15, -0.1) is 0 Å². The molecule has 3 atom stereocenters. The molecule has 0 amide bonds. The second kappa shape index (κ2) is 7.36. The van der Waals surface area contributed by atoms with Gasteiger partial charge in [0, 0.05) is 31.7 Å². The summed E-state index contributed by atoms with van der Waals surface area (Å²) < 4.78 is 6.47. The average molecular weight is 383 g/mol. The molecule has 3 heterocycles. The van der Waals surface area contributed by atoms with E-state index in [0.717, 1.165) is 48.8 Å². The molecule has 2 aliphatic heterocycles. The zero-order chi connectivity index (χ0) is 16.4. The largest absolute Gasteiger partial charge is 0.381 e. The van der Waals surface area contributed by atoms with E-state index in [0.29, 0.717) is 18.0 Å². The van der Waals surface area contributed by atoms with Gasteiger partial charge in [0.05, 0.1) is 29.6 Å². The third-order valence-corrected chi connectivity index (χ3v) is 5.68. The molecule has 2 saturated heterocycles. The van der Waals surface area contributed by atoms with Gasteiger partial charge in [-0.2, -0.15) is 0 Å². The number of nitrogens with zero attached hydrogens (tertiary/aromatic N) is 3. The molecule has 128 valence electrons. The van der Waals surface area contributed by atoms with Gasteiger partial charge in [0.15, 0.2) is 0 Å². The molecule has 0 saturated carbocycles. The smallest absolute Gasteiger partial charge is 0.143 e. The lowest BCUT2D eigenvalue weighted by molar-refractivity contribution is 0.122. The summed E-state index contributed by atoms with van der Waals surface area (Å²) in [7, 11) is 2.21. The molecular formula is C17H27BrN4O. The zero-order valence-electron chi connectivity index (χ0n) is 14.3. The highest BCUT2D eigenvalue weighted by molar-refractivity contribution is 9.10. The van der Waals surface area contributed by atoms with E-state index in [1.165, 1.54) is 6.42 Å². The highest BCUT2D eigenvalue weighted by atomic mass is 79.9. The molecule has 0 radical (unpaired) electrons. The van der Waals surface area contributed by atoms with Crippen molar-refractivity contribution in [2.24, 2.45) is 5.92 Å². The van der Waals surface area contributed by atoms with Crippen LogP contribution in [0.1, 0.15) is 20.3 Å². The van der Waals surface area contributed by atoms with Gasteiger partial charge in [-0.3, -0.25) is 0 Å². The predicted octanol–water partition coefficient (Wildman–Crippen LogP) is 2.82. The Morgan fingerprint density at radius 2 is 2.04 bits per heavy atom. The van der Waals surface area contributed by atoms with E-state index in [-0.39, 0.29) is 0 Å². The topological polar surface area (TPSA) is 40.6 Å². The zero-order valence-corrected chi connectivity index (χ0v) is 15.8. The molecule has 1 aromatic heterocycles. The minimum Gasteiger partial charge on any atom is -0.381 e. The van der Waals surface area contributed by atoms with Gasteiger partial charge in [-0.1, -0.05) is 6.92 Å². The first-order chi connectivity index (χ1) is 11.0. The number of nitrogens with one attached hydrogen (secondary N) is 1. The van der Waals surface area contributed by atoms with E-state index < -0.39 is 0 Å². The minimum atomic E-state index is 0.504. The number of morpholine rings is 1. The van der Waals surface area contributed by atoms with Crippen LogP contribution in [0, 0.1) is 5.92 Å². The van der Waals surface area contributed by atoms with Crippen LogP contribution in [-0.4, -0.2) is 61.9 Å². The molecule has 23 heavy (non-hydrogen) atoms. The lowest BCUT2D eigenvalue weighted by Gasteiger charge is -2.40. The molecule has 0 aliphatic carbocycles. The maximum absolute atomic E-state index is 5.41. The SMILES string of the molecule is C[C@@H]1CN(C)[C@H](C)C[C@@H]1Nc1cnc(N2CCOCC2)c(Br)c1. The Morgan fingerprint density at radius 3 is 2.74 bits per heavy atom. The third-order valence-electron chi connectivity index (χ3n) is 5.09. The van der Waals surface area contributed by atoms with Crippen molar-refractivity contribution in [2.75, 3.05) is 50.1 Å². The van der Waals surface area contributed by atoms with Crippen LogP contribution in [0.3, 0.4) is 0 Å². The Balaban J connectivity index is 1.68. The maximum atomic E-state index is 5.41. The van der Waals surface area contributed by atoms with Gasteiger partial charge >= 0.3 is 0 Å². The number of anilines is 2. The lowest BCUT2D eigenvalue weighted by Crippen LogP contribution is -2.48. The Morgan fingerprint density at radius 1 is 1.30 bits per heavy atom. The van der Waals surface area contributed by atoms with Crippen molar-refractivity contribution in [3.63, 3.8) is 0 Å². The molecule has 3 rings (SSSR count). The number of hydrogen-bond donors (Lipinski definition) is 1. The van der Waals surface area contributed by atoms with Crippen molar-refractivity contribution in [1.29, 1.82) is 0 Å². The summed E-state index contributed by atoms with van der Waals surface area (Å²) in [6.45, 7) is 9.13. The van der Waals surface area contributed by atoms with Crippen molar-refractivity contribution in [3.05, 3.63) is 16.7 Å². The van der Waals surface area contributed by atoms with Gasteiger partial charge in [0.2, 0.25) is 0 Å². The summed E-state index contributed by atoms with van der Waals surface area (Å²) in [5.41, 5.74) is 1.10. The molecule has 6 heteroatoms. The molecular weight excluding hydrogens is 356 g/mol. The summed E-state index contributed by atoms with van der Waals surface area (Å²) in [4.78, 5) is 9.40. The second-order valence-electron chi connectivity index (χ2n) is 6.88. The minimum absolute atomic E-state index is 0.504. The van der Waals surface area contributed by atoms with Crippen molar-refractivity contribution in [2.45, 2.75) is 32.4 Å². The normalized spacial score (nSPS) is 29.6. The van der Waals surface area contributed by atoms with Gasteiger partial charge in [0.1, 0.15) is 5.82 Å².